The number of anilines is 5. The SMILES string of the molecule is Brc1ccc2c(c1)C1(c3ccccc3-c3ccccc31)c1ccccc1-2.c1ccc(N(c2ccc(-c3ccc4c(c3)c3ccccc3n4-c3ccccc3)cc2)c2ccc3c(c2)C2(c4ccccc4-c4ccccc42)c2ccccc2-3)cc1.c1ccc(Nc2ccc(-c3ccc4c(c3)c3ccccc3n4-c3ccccc3)cc2)cc1. The van der Waals surface area contributed by atoms with Crippen molar-refractivity contribution in [3.8, 4) is 78.1 Å². The molecule has 4 aliphatic carbocycles. The molecule has 24 rings (SSSR count). The first-order valence-corrected chi connectivity index (χ1v) is 40.4. The van der Waals surface area contributed by atoms with Gasteiger partial charge >= 0.3 is 0 Å². The van der Waals surface area contributed by atoms with Crippen LogP contribution >= 0.6 is 15.9 Å². The molecule has 1 N–H and O–H groups in total. The summed E-state index contributed by atoms with van der Waals surface area (Å²) in [6.45, 7) is 0. The van der Waals surface area contributed by atoms with Gasteiger partial charge in [-0.1, -0.05) is 319 Å². The van der Waals surface area contributed by atoms with Crippen LogP contribution in [0.2, 0.25) is 0 Å². The van der Waals surface area contributed by atoms with Crippen molar-refractivity contribution in [2.75, 3.05) is 10.2 Å². The third-order valence-corrected chi connectivity index (χ3v) is 24.8. The minimum Gasteiger partial charge on any atom is -0.356 e. The van der Waals surface area contributed by atoms with E-state index in [1.807, 2.05) is 18.2 Å². The highest BCUT2D eigenvalue weighted by molar-refractivity contribution is 9.10. The summed E-state index contributed by atoms with van der Waals surface area (Å²) < 4.78 is 5.85. The van der Waals surface area contributed by atoms with Gasteiger partial charge in [-0.05, 0) is 245 Å². The largest absolute Gasteiger partial charge is 0.356 e. The van der Waals surface area contributed by atoms with Crippen LogP contribution in [0.3, 0.4) is 0 Å². The maximum Gasteiger partial charge on any atom is 0.0726 e. The van der Waals surface area contributed by atoms with E-state index in [1.54, 1.807) is 0 Å². The molecule has 0 aliphatic heterocycles. The van der Waals surface area contributed by atoms with Gasteiger partial charge in [-0.25, -0.2) is 0 Å². The molecule has 18 aromatic carbocycles. The Morgan fingerprint density at radius 3 is 0.948 bits per heavy atom. The molecular formula is C110H73BrN4. The Kier molecular flexibility index (Phi) is 16.2. The molecule has 115 heavy (non-hydrogen) atoms. The normalized spacial score (nSPS) is 12.9. The van der Waals surface area contributed by atoms with Crippen molar-refractivity contribution in [3.63, 3.8) is 0 Å². The summed E-state index contributed by atoms with van der Waals surface area (Å²) in [5, 5.41) is 8.51. The molecule has 4 aliphatic rings. The minimum atomic E-state index is -0.399. The third kappa shape index (κ3) is 10.7. The van der Waals surface area contributed by atoms with E-state index in [0.29, 0.717) is 0 Å². The van der Waals surface area contributed by atoms with E-state index in [1.165, 1.54) is 166 Å². The lowest BCUT2D eigenvalue weighted by molar-refractivity contribution is 0.793. The van der Waals surface area contributed by atoms with Crippen LogP contribution < -0.4 is 10.2 Å². The van der Waals surface area contributed by atoms with E-state index >= 15 is 0 Å². The topological polar surface area (TPSA) is 25.1 Å². The Balaban J connectivity index is 0.000000116. The van der Waals surface area contributed by atoms with Gasteiger partial charge in [-0.15, -0.1) is 0 Å². The summed E-state index contributed by atoms with van der Waals surface area (Å²) in [5.74, 6) is 0. The number of nitrogens with one attached hydrogen (secondary N) is 1. The van der Waals surface area contributed by atoms with Crippen molar-refractivity contribution in [1.29, 1.82) is 0 Å². The van der Waals surface area contributed by atoms with Crippen molar-refractivity contribution in [2.45, 2.75) is 10.8 Å². The molecule has 0 atom stereocenters. The predicted octanol–water partition coefficient (Wildman–Crippen LogP) is 29.3. The number of hydrogen-bond donors (Lipinski definition) is 1. The van der Waals surface area contributed by atoms with Crippen LogP contribution in [0.1, 0.15) is 44.5 Å². The average Bonchev–Trinajstić information content (AvgIpc) is 1.51. The van der Waals surface area contributed by atoms with Crippen LogP contribution in [-0.2, 0) is 10.8 Å². The number of nitrogens with zero attached hydrogens (tertiary/aromatic N) is 3. The summed E-state index contributed by atoms with van der Waals surface area (Å²) in [4.78, 5) is 2.41. The minimum absolute atomic E-state index is 0.219. The van der Waals surface area contributed by atoms with Crippen LogP contribution in [0, 0.1) is 0 Å². The molecule has 0 saturated carbocycles. The van der Waals surface area contributed by atoms with Crippen LogP contribution in [0.25, 0.3) is 122 Å². The Hall–Kier alpha value is -14.4. The van der Waals surface area contributed by atoms with Gasteiger partial charge in [0.2, 0.25) is 0 Å². The first-order valence-electron chi connectivity index (χ1n) is 39.6. The number of halogens is 1. The molecule has 0 amide bonds. The molecule has 0 saturated heterocycles. The first-order chi connectivity index (χ1) is 57.0. The molecule has 4 nitrogen and oxygen atoms in total. The number of para-hydroxylation sites is 6. The summed E-state index contributed by atoms with van der Waals surface area (Å²) in [6.07, 6.45) is 0. The number of fused-ring (bicyclic) bond motifs is 26. The summed E-state index contributed by atoms with van der Waals surface area (Å²) in [5.41, 5.74) is 38.6. The van der Waals surface area contributed by atoms with Crippen LogP contribution in [0.5, 0.6) is 0 Å². The highest BCUT2D eigenvalue weighted by atomic mass is 79.9. The Morgan fingerprint density at radius 1 is 0.209 bits per heavy atom. The second-order valence-electron chi connectivity index (χ2n) is 30.3. The average molecular weight is 1530 g/mol. The van der Waals surface area contributed by atoms with E-state index < -0.39 is 5.41 Å². The molecule has 2 heterocycles. The lowest BCUT2D eigenvalue weighted by Gasteiger charge is -2.32. The van der Waals surface area contributed by atoms with Gasteiger partial charge in [0.05, 0.1) is 32.9 Å². The standard InChI is InChI=1S/C55H36N2.C30H22N2.C25H15Br/c1-3-15-39(16-4-1)56(41-30-27-37(28-31-41)38-29-34-54-48(35-38)47-22-10-14-26-53(47)57(54)40-17-5-2-6-18-40)42-32-33-46-45-21-9-13-25-51(45)55(52(46)36-42)49-23-11-7-19-43(49)44-20-8-12-24-50(44)55;1-3-9-24(10-4-1)31-25-18-15-22(16-19-25)23-17-20-30-28(21-23)27-13-7-8-14-29(27)32(30)26-11-5-2-6-12-26;26-16-13-14-20-19-9-3-6-12-23(19)25(24(20)15-16)21-10-4-1-7-17(21)18-8-2-5-11-22(18)25/h1-36H;1-21,31H;1-15H. The lowest BCUT2D eigenvalue weighted by atomic mass is 9.70. The second kappa shape index (κ2) is 27.5. The lowest BCUT2D eigenvalue weighted by Crippen LogP contribution is -2.26. The molecule has 5 heteroatoms. The number of aromatic nitrogens is 2. The maximum atomic E-state index is 3.72. The number of benzene rings is 18. The summed E-state index contributed by atoms with van der Waals surface area (Å²) in [7, 11) is 0. The maximum absolute atomic E-state index is 3.72. The van der Waals surface area contributed by atoms with E-state index in [-0.39, 0.29) is 5.41 Å². The molecule has 20 aromatic rings. The van der Waals surface area contributed by atoms with Crippen molar-refractivity contribution >= 4 is 88.0 Å². The van der Waals surface area contributed by atoms with E-state index in [9.17, 15) is 0 Å². The zero-order valence-corrected chi connectivity index (χ0v) is 64.4. The quantitative estimate of drug-likeness (QED) is 0.156. The third-order valence-electron chi connectivity index (χ3n) is 24.3. The van der Waals surface area contributed by atoms with Crippen molar-refractivity contribution in [2.24, 2.45) is 0 Å². The zero-order chi connectivity index (χ0) is 76.1. The monoisotopic (exact) mass is 1530 g/mol. The molecule has 0 unspecified atom stereocenters. The highest BCUT2D eigenvalue weighted by Gasteiger charge is 2.53. The fraction of sp³-hybridized carbons (Fsp3) is 0.0182. The molecule has 540 valence electrons. The second-order valence-corrected chi connectivity index (χ2v) is 31.2. The van der Waals surface area contributed by atoms with Gasteiger partial charge < -0.3 is 19.4 Å². The summed E-state index contributed by atoms with van der Waals surface area (Å²) in [6, 6.07) is 159. The van der Waals surface area contributed by atoms with E-state index in [2.05, 4.69) is 454 Å². The Labute approximate surface area is 677 Å². The highest BCUT2D eigenvalue weighted by Crippen LogP contribution is 2.65. The number of rotatable bonds is 9. The predicted molar refractivity (Wildman–Crippen MR) is 484 cm³/mol. The Bertz CT molecular complexity index is 7060. The molecule has 2 spiro atoms. The van der Waals surface area contributed by atoms with Gasteiger partial charge in [0.1, 0.15) is 0 Å². The fourth-order valence-corrected chi connectivity index (χ4v) is 19.9. The van der Waals surface area contributed by atoms with Gasteiger partial charge in [-0.3, -0.25) is 0 Å². The van der Waals surface area contributed by atoms with Crippen molar-refractivity contribution < 1.29 is 0 Å². The smallest absolute Gasteiger partial charge is 0.0726 e. The van der Waals surface area contributed by atoms with Gasteiger partial charge in [0.25, 0.3) is 0 Å². The zero-order valence-electron chi connectivity index (χ0n) is 62.8. The fourth-order valence-electron chi connectivity index (χ4n) is 19.6. The van der Waals surface area contributed by atoms with Gasteiger partial charge in [0.15, 0.2) is 0 Å². The molecule has 0 fully saturated rings. The van der Waals surface area contributed by atoms with Crippen LogP contribution in [0.4, 0.5) is 28.4 Å². The van der Waals surface area contributed by atoms with Crippen molar-refractivity contribution in [1.82, 2.24) is 9.13 Å². The number of hydrogen-bond acceptors (Lipinski definition) is 2. The van der Waals surface area contributed by atoms with Crippen molar-refractivity contribution in [3.05, 3.63) is 486 Å². The molecule has 0 radical (unpaired) electrons. The molecule has 0 bridgehead atoms. The summed E-state index contributed by atoms with van der Waals surface area (Å²) >= 11 is 3.72. The van der Waals surface area contributed by atoms with Crippen LogP contribution in [0.15, 0.2) is 441 Å². The Morgan fingerprint density at radius 2 is 0.513 bits per heavy atom. The first kappa shape index (κ1) is 67.5. The molecule has 2 aromatic heterocycles. The molecular weight excluding hydrogens is 1460 g/mol. The van der Waals surface area contributed by atoms with Gasteiger partial charge in [-0.2, -0.15) is 0 Å². The van der Waals surface area contributed by atoms with E-state index in [4.69, 9.17) is 0 Å². The van der Waals surface area contributed by atoms with Crippen LogP contribution in [-0.4, -0.2) is 9.13 Å². The van der Waals surface area contributed by atoms with E-state index in [0.717, 1.165) is 32.9 Å². The van der Waals surface area contributed by atoms with Gasteiger partial charge in [0, 0.05) is 65.8 Å².